The van der Waals surface area contributed by atoms with Gasteiger partial charge in [-0.15, -0.1) is 0 Å². The van der Waals surface area contributed by atoms with Gasteiger partial charge in [-0.05, 0) is 24.6 Å². The molecule has 1 aromatic carbocycles. The fourth-order valence-electron chi connectivity index (χ4n) is 1.04. The summed E-state index contributed by atoms with van der Waals surface area (Å²) in [5, 5.41) is 9.71. The van der Waals surface area contributed by atoms with Crippen LogP contribution in [0.5, 0.6) is 0 Å². The molecular formula is C11H11BrO2. The summed E-state index contributed by atoms with van der Waals surface area (Å²) >= 11 is 3.29. The summed E-state index contributed by atoms with van der Waals surface area (Å²) in [6, 6.07) is 7.13. The lowest BCUT2D eigenvalue weighted by Crippen LogP contribution is -2.07. The van der Waals surface area contributed by atoms with Crippen LogP contribution in [0.4, 0.5) is 0 Å². The lowest BCUT2D eigenvalue weighted by Gasteiger charge is -2.11. The minimum absolute atomic E-state index is 0.194. The van der Waals surface area contributed by atoms with Crippen molar-refractivity contribution in [3.8, 4) is 0 Å². The van der Waals surface area contributed by atoms with Crippen LogP contribution in [-0.2, 0) is 4.79 Å². The zero-order valence-electron chi connectivity index (χ0n) is 7.83. The Balaban J connectivity index is 2.89. The number of hydrogen-bond donors (Lipinski definition) is 1. The van der Waals surface area contributed by atoms with E-state index in [1.54, 1.807) is 12.1 Å². The minimum Gasteiger partial charge on any atom is -0.384 e. The van der Waals surface area contributed by atoms with Crippen molar-refractivity contribution in [2.45, 2.75) is 13.0 Å². The van der Waals surface area contributed by atoms with Gasteiger partial charge in [0.2, 0.25) is 0 Å². The number of ketones is 1. The molecule has 1 aromatic rings. The molecule has 0 aliphatic carbocycles. The summed E-state index contributed by atoms with van der Waals surface area (Å²) in [6.45, 7) is 4.93. The van der Waals surface area contributed by atoms with Crippen LogP contribution >= 0.6 is 15.9 Å². The van der Waals surface area contributed by atoms with E-state index in [0.717, 1.165) is 4.47 Å². The van der Waals surface area contributed by atoms with Gasteiger partial charge in [0.15, 0.2) is 5.78 Å². The maximum Gasteiger partial charge on any atom is 0.158 e. The van der Waals surface area contributed by atoms with Gasteiger partial charge in [-0.25, -0.2) is 0 Å². The van der Waals surface area contributed by atoms with Crippen molar-refractivity contribution in [3.63, 3.8) is 0 Å². The molecule has 0 fully saturated rings. The van der Waals surface area contributed by atoms with Gasteiger partial charge in [-0.3, -0.25) is 4.79 Å². The first-order valence-corrected chi connectivity index (χ1v) is 4.95. The molecule has 0 bridgehead atoms. The third-order valence-corrected chi connectivity index (χ3v) is 2.50. The van der Waals surface area contributed by atoms with Gasteiger partial charge in [0.05, 0.1) is 0 Å². The molecule has 14 heavy (non-hydrogen) atoms. The van der Waals surface area contributed by atoms with E-state index in [-0.39, 0.29) is 11.4 Å². The van der Waals surface area contributed by atoms with E-state index in [1.807, 2.05) is 12.1 Å². The summed E-state index contributed by atoms with van der Waals surface area (Å²) < 4.78 is 0.932. The molecule has 0 amide bonds. The lowest BCUT2D eigenvalue weighted by molar-refractivity contribution is -0.114. The third-order valence-electron chi connectivity index (χ3n) is 1.97. The SMILES string of the molecule is C=C(C(C)=O)[C@H](O)c1ccc(Br)cc1. The average molecular weight is 255 g/mol. The van der Waals surface area contributed by atoms with Crippen molar-refractivity contribution in [3.05, 3.63) is 46.5 Å². The van der Waals surface area contributed by atoms with Crippen LogP contribution in [0.25, 0.3) is 0 Å². The second-order valence-electron chi connectivity index (χ2n) is 3.04. The first-order valence-electron chi connectivity index (χ1n) is 4.15. The van der Waals surface area contributed by atoms with Crippen molar-refractivity contribution in [1.29, 1.82) is 0 Å². The molecule has 2 nitrogen and oxygen atoms in total. The monoisotopic (exact) mass is 254 g/mol. The quantitative estimate of drug-likeness (QED) is 0.843. The zero-order valence-corrected chi connectivity index (χ0v) is 9.41. The topological polar surface area (TPSA) is 37.3 Å². The molecule has 0 spiro atoms. The van der Waals surface area contributed by atoms with Gasteiger partial charge in [-0.1, -0.05) is 34.6 Å². The number of aliphatic hydroxyl groups is 1. The standard InChI is InChI=1S/C11H11BrO2/c1-7(8(2)13)11(14)9-3-5-10(12)6-4-9/h3-6,11,14H,1H2,2H3/t11-/m0/s1. The minimum atomic E-state index is -0.902. The third kappa shape index (κ3) is 2.53. The van der Waals surface area contributed by atoms with Crippen molar-refractivity contribution in [2.24, 2.45) is 0 Å². The van der Waals surface area contributed by atoms with Crippen molar-refractivity contribution in [2.75, 3.05) is 0 Å². The number of benzene rings is 1. The summed E-state index contributed by atoms with van der Waals surface area (Å²) in [7, 11) is 0. The summed E-state index contributed by atoms with van der Waals surface area (Å²) in [5.74, 6) is -0.194. The molecule has 0 unspecified atom stereocenters. The molecule has 1 atom stereocenters. The van der Waals surface area contributed by atoms with Crippen LogP contribution in [0.3, 0.4) is 0 Å². The number of aliphatic hydroxyl groups excluding tert-OH is 1. The normalized spacial score (nSPS) is 12.2. The van der Waals surface area contributed by atoms with E-state index >= 15 is 0 Å². The largest absolute Gasteiger partial charge is 0.384 e. The molecule has 1 N–H and O–H groups in total. The first-order chi connectivity index (χ1) is 6.52. The lowest BCUT2D eigenvalue weighted by atomic mass is 10.0. The maximum atomic E-state index is 11.0. The average Bonchev–Trinajstić information content (AvgIpc) is 2.16. The first kappa shape index (κ1) is 11.1. The Labute approximate surface area is 91.4 Å². The molecule has 0 radical (unpaired) electrons. The van der Waals surface area contributed by atoms with Crippen molar-refractivity contribution >= 4 is 21.7 Å². The smallest absolute Gasteiger partial charge is 0.158 e. The molecule has 1 rings (SSSR count). The van der Waals surface area contributed by atoms with Crippen LogP contribution in [0, 0.1) is 0 Å². The second kappa shape index (κ2) is 4.53. The predicted molar refractivity (Wildman–Crippen MR) is 58.9 cm³/mol. The highest BCUT2D eigenvalue weighted by molar-refractivity contribution is 9.10. The number of carbonyl (C=O) groups is 1. The Kier molecular flexibility index (Phi) is 3.61. The van der Waals surface area contributed by atoms with E-state index < -0.39 is 6.10 Å². The Morgan fingerprint density at radius 1 is 1.43 bits per heavy atom. The second-order valence-corrected chi connectivity index (χ2v) is 3.95. The number of Topliss-reactive ketones (excluding diaryl/α,β-unsaturated/α-hetero) is 1. The Morgan fingerprint density at radius 2 is 1.93 bits per heavy atom. The van der Waals surface area contributed by atoms with E-state index in [1.165, 1.54) is 6.92 Å². The van der Waals surface area contributed by atoms with Gasteiger partial charge < -0.3 is 5.11 Å². The molecule has 0 saturated carbocycles. The number of halogens is 1. The fraction of sp³-hybridized carbons (Fsp3) is 0.182. The van der Waals surface area contributed by atoms with Gasteiger partial charge in [0, 0.05) is 10.0 Å². The predicted octanol–water partition coefficient (Wildman–Crippen LogP) is 2.63. The highest BCUT2D eigenvalue weighted by atomic mass is 79.9. The fourth-order valence-corrected chi connectivity index (χ4v) is 1.30. The van der Waals surface area contributed by atoms with Crippen LogP contribution in [0.15, 0.2) is 40.9 Å². The number of carbonyl (C=O) groups excluding carboxylic acids is 1. The van der Waals surface area contributed by atoms with Gasteiger partial charge in [0.25, 0.3) is 0 Å². The molecule has 0 heterocycles. The highest BCUT2D eigenvalue weighted by Gasteiger charge is 2.14. The van der Waals surface area contributed by atoms with Gasteiger partial charge in [-0.2, -0.15) is 0 Å². The molecule has 3 heteroatoms. The van der Waals surface area contributed by atoms with Crippen LogP contribution < -0.4 is 0 Å². The van der Waals surface area contributed by atoms with E-state index in [2.05, 4.69) is 22.5 Å². The Morgan fingerprint density at radius 3 is 2.36 bits per heavy atom. The molecular weight excluding hydrogens is 244 g/mol. The van der Waals surface area contributed by atoms with Crippen molar-refractivity contribution < 1.29 is 9.90 Å². The van der Waals surface area contributed by atoms with Gasteiger partial charge >= 0.3 is 0 Å². The van der Waals surface area contributed by atoms with Crippen LogP contribution in [-0.4, -0.2) is 10.9 Å². The molecule has 0 saturated heterocycles. The van der Waals surface area contributed by atoms with Crippen molar-refractivity contribution in [1.82, 2.24) is 0 Å². The van der Waals surface area contributed by atoms with E-state index in [9.17, 15) is 9.90 Å². The number of rotatable bonds is 3. The van der Waals surface area contributed by atoms with Gasteiger partial charge in [0.1, 0.15) is 6.10 Å². The molecule has 0 aromatic heterocycles. The van der Waals surface area contributed by atoms with E-state index in [0.29, 0.717) is 5.56 Å². The summed E-state index contributed by atoms with van der Waals surface area (Å²) in [6.07, 6.45) is -0.902. The van der Waals surface area contributed by atoms with Crippen LogP contribution in [0.2, 0.25) is 0 Å². The molecule has 0 aliphatic rings. The Hall–Kier alpha value is -0.930. The Bertz CT molecular complexity index is 354. The highest BCUT2D eigenvalue weighted by Crippen LogP contribution is 2.22. The molecule has 74 valence electrons. The summed E-state index contributed by atoms with van der Waals surface area (Å²) in [4.78, 5) is 11.0. The van der Waals surface area contributed by atoms with E-state index in [4.69, 9.17) is 0 Å². The summed E-state index contributed by atoms with van der Waals surface area (Å²) in [5.41, 5.74) is 0.890. The maximum absolute atomic E-state index is 11.0. The van der Waals surface area contributed by atoms with Crippen LogP contribution in [0.1, 0.15) is 18.6 Å². The zero-order chi connectivity index (χ0) is 10.7. The molecule has 0 aliphatic heterocycles. The number of hydrogen-bond acceptors (Lipinski definition) is 2.